The zero-order valence-corrected chi connectivity index (χ0v) is 8.15. The van der Waals surface area contributed by atoms with Gasteiger partial charge in [0.05, 0.1) is 5.52 Å². The Morgan fingerprint density at radius 3 is 3.00 bits per heavy atom. The minimum Gasteiger partial charge on any atom is -0.296 e. The first-order valence-corrected chi connectivity index (χ1v) is 4.46. The summed E-state index contributed by atoms with van der Waals surface area (Å²) < 4.78 is 0.718. The van der Waals surface area contributed by atoms with Crippen molar-refractivity contribution in [3.63, 3.8) is 0 Å². The zero-order valence-electron chi connectivity index (χ0n) is 6.57. The van der Waals surface area contributed by atoms with Crippen molar-refractivity contribution in [1.82, 2.24) is 9.97 Å². The predicted octanol–water partition coefficient (Wildman–Crippen LogP) is 2.20. The van der Waals surface area contributed by atoms with Crippen LogP contribution in [0.5, 0.6) is 0 Å². The normalized spacial score (nSPS) is 10.2. The van der Waals surface area contributed by atoms with Gasteiger partial charge in [0.1, 0.15) is 10.3 Å². The molecule has 0 aliphatic heterocycles. The Bertz CT molecular complexity index is 470. The molecule has 3 nitrogen and oxygen atoms in total. The minimum atomic E-state index is 0.436. The third kappa shape index (κ3) is 1.58. The fraction of sp³-hybridized carbons (Fsp3) is 0. The van der Waals surface area contributed by atoms with Crippen molar-refractivity contribution in [3.8, 4) is 0 Å². The summed E-state index contributed by atoms with van der Waals surface area (Å²) >= 11 is 3.24. The van der Waals surface area contributed by atoms with Crippen molar-refractivity contribution in [1.29, 1.82) is 0 Å². The first-order chi connectivity index (χ1) is 6.29. The van der Waals surface area contributed by atoms with Crippen LogP contribution in [0.3, 0.4) is 0 Å². The van der Waals surface area contributed by atoms with Crippen molar-refractivity contribution in [3.05, 3.63) is 34.7 Å². The second kappa shape index (κ2) is 3.22. The number of carbonyl (C=O) groups excluding carboxylic acids is 1. The molecule has 13 heavy (non-hydrogen) atoms. The third-order valence-corrected chi connectivity index (χ3v) is 2.12. The summed E-state index contributed by atoms with van der Waals surface area (Å²) in [7, 11) is 0. The lowest BCUT2D eigenvalue weighted by atomic mass is 10.2. The Kier molecular flexibility index (Phi) is 2.06. The molecule has 2 aromatic heterocycles. The van der Waals surface area contributed by atoms with Crippen LogP contribution in [0.1, 0.15) is 10.5 Å². The highest BCUT2D eigenvalue weighted by Crippen LogP contribution is 2.14. The number of aromatic nitrogens is 2. The molecule has 0 amide bonds. The molecule has 4 heteroatoms. The van der Waals surface area contributed by atoms with Crippen LogP contribution >= 0.6 is 15.9 Å². The number of hydrogen-bond acceptors (Lipinski definition) is 3. The highest BCUT2D eigenvalue weighted by molar-refractivity contribution is 9.10. The van der Waals surface area contributed by atoms with E-state index < -0.39 is 0 Å². The van der Waals surface area contributed by atoms with Gasteiger partial charge in [0.15, 0.2) is 6.29 Å². The Hall–Kier alpha value is -1.29. The van der Waals surface area contributed by atoms with E-state index in [2.05, 4.69) is 25.9 Å². The second-order valence-corrected chi connectivity index (χ2v) is 3.37. The highest BCUT2D eigenvalue weighted by atomic mass is 79.9. The van der Waals surface area contributed by atoms with E-state index in [-0.39, 0.29) is 0 Å². The van der Waals surface area contributed by atoms with Gasteiger partial charge in [0.2, 0.25) is 0 Å². The van der Waals surface area contributed by atoms with Crippen molar-refractivity contribution >= 4 is 33.1 Å². The number of aldehydes is 1. The Morgan fingerprint density at radius 1 is 1.38 bits per heavy atom. The molecule has 0 aliphatic rings. The van der Waals surface area contributed by atoms with Crippen LogP contribution in [0, 0.1) is 0 Å². The lowest BCUT2D eigenvalue weighted by Gasteiger charge is -1.97. The number of nitrogens with zero attached hydrogens (tertiary/aromatic N) is 2. The average Bonchev–Trinajstić information content (AvgIpc) is 2.16. The Labute approximate surface area is 82.9 Å². The van der Waals surface area contributed by atoms with Crippen LogP contribution in [0.25, 0.3) is 10.9 Å². The maximum absolute atomic E-state index is 10.4. The summed E-state index contributed by atoms with van der Waals surface area (Å²) in [4.78, 5) is 18.6. The summed E-state index contributed by atoms with van der Waals surface area (Å²) in [6.45, 7) is 0. The van der Waals surface area contributed by atoms with Gasteiger partial charge in [-0.2, -0.15) is 0 Å². The fourth-order valence-electron chi connectivity index (χ4n) is 1.07. The number of pyridine rings is 2. The van der Waals surface area contributed by atoms with Crippen molar-refractivity contribution in [2.45, 2.75) is 0 Å². The number of halogens is 1. The standard InChI is InChI=1S/C9H5BrN2O/c10-9-3-8-6(4-11-9)1-2-7(5-13)12-8/h1-5H. The number of fused-ring (bicyclic) bond motifs is 1. The van der Waals surface area contributed by atoms with E-state index in [9.17, 15) is 4.79 Å². The molecule has 64 valence electrons. The molecule has 0 saturated heterocycles. The summed E-state index contributed by atoms with van der Waals surface area (Å²) in [5, 5.41) is 0.925. The smallest absolute Gasteiger partial charge is 0.168 e. The summed E-state index contributed by atoms with van der Waals surface area (Å²) in [6, 6.07) is 5.28. The molecular weight excluding hydrogens is 232 g/mol. The fourth-order valence-corrected chi connectivity index (χ4v) is 1.39. The molecule has 0 bridgehead atoms. The molecule has 0 radical (unpaired) electrons. The highest BCUT2D eigenvalue weighted by Gasteiger charge is 1.98. The zero-order chi connectivity index (χ0) is 9.26. The van der Waals surface area contributed by atoms with Gasteiger partial charge < -0.3 is 0 Å². The van der Waals surface area contributed by atoms with E-state index in [1.165, 1.54) is 0 Å². The maximum Gasteiger partial charge on any atom is 0.168 e. The number of carbonyl (C=O) groups is 1. The molecule has 0 aromatic carbocycles. The second-order valence-electron chi connectivity index (χ2n) is 2.55. The van der Waals surface area contributed by atoms with Crippen molar-refractivity contribution in [2.24, 2.45) is 0 Å². The van der Waals surface area contributed by atoms with E-state index in [0.29, 0.717) is 5.69 Å². The molecule has 0 atom stereocenters. The minimum absolute atomic E-state index is 0.436. The van der Waals surface area contributed by atoms with Gasteiger partial charge in [-0.15, -0.1) is 0 Å². The van der Waals surface area contributed by atoms with Gasteiger partial charge in [0.25, 0.3) is 0 Å². The van der Waals surface area contributed by atoms with Crippen LogP contribution in [0.4, 0.5) is 0 Å². The Balaban J connectivity index is 2.74. The molecule has 2 rings (SSSR count). The average molecular weight is 237 g/mol. The first-order valence-electron chi connectivity index (χ1n) is 3.67. The summed E-state index contributed by atoms with van der Waals surface area (Å²) in [5.74, 6) is 0. The monoisotopic (exact) mass is 236 g/mol. The van der Waals surface area contributed by atoms with Gasteiger partial charge in [0, 0.05) is 11.6 Å². The molecule has 0 N–H and O–H groups in total. The molecule has 0 spiro atoms. The quantitative estimate of drug-likeness (QED) is 0.564. The lowest BCUT2D eigenvalue weighted by molar-refractivity contribution is 0.111. The van der Waals surface area contributed by atoms with E-state index in [0.717, 1.165) is 21.8 Å². The molecule has 0 saturated carbocycles. The lowest BCUT2D eigenvalue weighted by Crippen LogP contribution is -1.88. The number of rotatable bonds is 1. The van der Waals surface area contributed by atoms with Crippen molar-refractivity contribution < 1.29 is 4.79 Å². The summed E-state index contributed by atoms with van der Waals surface area (Å²) in [5.41, 5.74) is 1.21. The van der Waals surface area contributed by atoms with E-state index in [4.69, 9.17) is 0 Å². The number of hydrogen-bond donors (Lipinski definition) is 0. The molecular formula is C9H5BrN2O. The SMILES string of the molecule is O=Cc1ccc2cnc(Br)cc2n1. The predicted molar refractivity (Wildman–Crippen MR) is 52.6 cm³/mol. The van der Waals surface area contributed by atoms with Gasteiger partial charge >= 0.3 is 0 Å². The molecule has 0 fully saturated rings. The van der Waals surface area contributed by atoms with Crippen LogP contribution in [-0.2, 0) is 0 Å². The molecule has 0 unspecified atom stereocenters. The molecule has 2 aromatic rings. The van der Waals surface area contributed by atoms with E-state index in [1.54, 1.807) is 18.3 Å². The van der Waals surface area contributed by atoms with Crippen LogP contribution in [0.15, 0.2) is 29.0 Å². The topological polar surface area (TPSA) is 42.9 Å². The van der Waals surface area contributed by atoms with Crippen molar-refractivity contribution in [2.75, 3.05) is 0 Å². The first kappa shape index (κ1) is 8.31. The molecule has 2 heterocycles. The van der Waals surface area contributed by atoms with Gasteiger partial charge in [-0.3, -0.25) is 4.79 Å². The van der Waals surface area contributed by atoms with Crippen LogP contribution in [0.2, 0.25) is 0 Å². The largest absolute Gasteiger partial charge is 0.296 e. The maximum atomic E-state index is 10.4. The third-order valence-electron chi connectivity index (χ3n) is 1.68. The van der Waals surface area contributed by atoms with Gasteiger partial charge in [-0.1, -0.05) is 0 Å². The Morgan fingerprint density at radius 2 is 2.23 bits per heavy atom. The van der Waals surface area contributed by atoms with E-state index >= 15 is 0 Å². The van der Waals surface area contributed by atoms with E-state index in [1.807, 2.05) is 6.07 Å². The summed E-state index contributed by atoms with van der Waals surface area (Å²) in [6.07, 6.45) is 2.44. The van der Waals surface area contributed by atoms with Gasteiger partial charge in [-0.05, 0) is 34.1 Å². The molecule has 0 aliphatic carbocycles. The van der Waals surface area contributed by atoms with Crippen LogP contribution in [-0.4, -0.2) is 16.3 Å². The van der Waals surface area contributed by atoms with Gasteiger partial charge in [-0.25, -0.2) is 9.97 Å². The van der Waals surface area contributed by atoms with Crippen LogP contribution < -0.4 is 0 Å².